The highest BCUT2D eigenvalue weighted by molar-refractivity contribution is 7.09. The highest BCUT2D eigenvalue weighted by Gasteiger charge is 2.05. The first-order valence-electron chi connectivity index (χ1n) is 3.91. The largest absolute Gasteiger partial charge is 0.383 e. The van der Waals surface area contributed by atoms with E-state index in [2.05, 4.69) is 9.36 Å². The van der Waals surface area contributed by atoms with Crippen molar-refractivity contribution in [3.05, 3.63) is 30.1 Å². The Hall–Kier alpha value is -1.42. The van der Waals surface area contributed by atoms with Crippen molar-refractivity contribution >= 4 is 17.4 Å². The Morgan fingerprint density at radius 2 is 2.31 bits per heavy atom. The molecule has 0 aliphatic carbocycles. The van der Waals surface area contributed by atoms with Crippen LogP contribution in [0, 0.1) is 6.92 Å². The van der Waals surface area contributed by atoms with Crippen LogP contribution in [0.3, 0.4) is 0 Å². The third kappa shape index (κ3) is 1.53. The molecule has 0 atom stereocenters. The summed E-state index contributed by atoms with van der Waals surface area (Å²) in [6.45, 7) is 1.96. The highest BCUT2D eigenvalue weighted by atomic mass is 32.1. The van der Waals surface area contributed by atoms with Gasteiger partial charge in [0.05, 0.1) is 10.6 Å². The number of nitrogens with zero attached hydrogens (tertiary/aromatic N) is 2. The van der Waals surface area contributed by atoms with Crippen LogP contribution in [-0.4, -0.2) is 9.36 Å². The topological polar surface area (TPSA) is 51.8 Å². The lowest BCUT2D eigenvalue weighted by Gasteiger charge is -1.98. The summed E-state index contributed by atoms with van der Waals surface area (Å²) in [6.07, 6.45) is 1.69. The number of pyridine rings is 1. The molecule has 0 aliphatic rings. The number of nitrogen functional groups attached to an aromatic ring is 1. The van der Waals surface area contributed by atoms with Crippen molar-refractivity contribution in [2.75, 3.05) is 5.73 Å². The van der Waals surface area contributed by atoms with Gasteiger partial charge in [0.2, 0.25) is 0 Å². The van der Waals surface area contributed by atoms with Gasteiger partial charge in [-0.3, -0.25) is 0 Å². The SMILES string of the molecule is Cc1cc(-c2cccnc2N)sn1. The summed E-state index contributed by atoms with van der Waals surface area (Å²) < 4.78 is 4.19. The summed E-state index contributed by atoms with van der Waals surface area (Å²) in [7, 11) is 0. The number of rotatable bonds is 1. The van der Waals surface area contributed by atoms with Crippen LogP contribution in [0.4, 0.5) is 5.82 Å². The van der Waals surface area contributed by atoms with E-state index in [4.69, 9.17) is 5.73 Å². The zero-order valence-electron chi connectivity index (χ0n) is 7.19. The first-order chi connectivity index (χ1) is 6.27. The van der Waals surface area contributed by atoms with Crippen molar-refractivity contribution in [2.24, 2.45) is 0 Å². The molecule has 3 nitrogen and oxygen atoms in total. The first kappa shape index (κ1) is 8.19. The molecule has 2 rings (SSSR count). The molecule has 2 heterocycles. The molecule has 4 heteroatoms. The Morgan fingerprint density at radius 1 is 1.46 bits per heavy atom. The maximum absolute atomic E-state index is 5.73. The van der Waals surface area contributed by atoms with Crippen molar-refractivity contribution in [3.8, 4) is 10.4 Å². The fraction of sp³-hybridized carbons (Fsp3) is 0.111. The van der Waals surface area contributed by atoms with Crippen LogP contribution in [0.15, 0.2) is 24.4 Å². The monoisotopic (exact) mass is 191 g/mol. The Balaban J connectivity index is 2.52. The van der Waals surface area contributed by atoms with Crippen molar-refractivity contribution in [1.82, 2.24) is 9.36 Å². The number of nitrogens with two attached hydrogens (primary N) is 1. The predicted molar refractivity (Wildman–Crippen MR) is 54.5 cm³/mol. The van der Waals surface area contributed by atoms with Crippen LogP contribution in [0.1, 0.15) is 5.69 Å². The van der Waals surface area contributed by atoms with E-state index in [1.54, 1.807) is 6.20 Å². The third-order valence-corrected chi connectivity index (χ3v) is 2.65. The maximum atomic E-state index is 5.73. The fourth-order valence-electron chi connectivity index (χ4n) is 1.12. The summed E-state index contributed by atoms with van der Waals surface area (Å²) in [4.78, 5) is 5.09. The predicted octanol–water partition coefficient (Wildman–Crippen LogP) is 2.10. The second-order valence-corrected chi connectivity index (χ2v) is 3.57. The Labute approximate surface area is 80.4 Å². The van der Waals surface area contributed by atoms with Crippen molar-refractivity contribution in [2.45, 2.75) is 6.92 Å². The van der Waals surface area contributed by atoms with Gasteiger partial charge in [-0.05, 0) is 36.7 Å². The average Bonchev–Trinajstić information content (AvgIpc) is 2.53. The van der Waals surface area contributed by atoms with E-state index in [0.717, 1.165) is 16.1 Å². The molecule has 0 fully saturated rings. The summed E-state index contributed by atoms with van der Waals surface area (Å²) in [6, 6.07) is 5.84. The normalized spacial score (nSPS) is 10.2. The van der Waals surface area contributed by atoms with E-state index < -0.39 is 0 Å². The molecule has 0 radical (unpaired) electrons. The molecule has 2 aromatic rings. The van der Waals surface area contributed by atoms with Gasteiger partial charge in [0.25, 0.3) is 0 Å². The molecule has 0 spiro atoms. The van der Waals surface area contributed by atoms with Gasteiger partial charge >= 0.3 is 0 Å². The van der Waals surface area contributed by atoms with Crippen LogP contribution in [0.25, 0.3) is 10.4 Å². The molecular formula is C9H9N3S. The van der Waals surface area contributed by atoms with Gasteiger partial charge in [-0.2, -0.15) is 4.37 Å². The number of aromatic nitrogens is 2. The molecule has 0 amide bonds. The van der Waals surface area contributed by atoms with Crippen molar-refractivity contribution in [3.63, 3.8) is 0 Å². The van der Waals surface area contributed by atoms with E-state index in [0.29, 0.717) is 5.82 Å². The van der Waals surface area contributed by atoms with Crippen LogP contribution < -0.4 is 5.73 Å². The summed E-state index contributed by atoms with van der Waals surface area (Å²) in [5, 5.41) is 0. The van der Waals surface area contributed by atoms with Crippen LogP contribution in [-0.2, 0) is 0 Å². The van der Waals surface area contributed by atoms with E-state index in [1.165, 1.54) is 11.5 Å². The molecule has 13 heavy (non-hydrogen) atoms. The van der Waals surface area contributed by atoms with Gasteiger partial charge in [0.15, 0.2) is 0 Å². The zero-order valence-corrected chi connectivity index (χ0v) is 8.01. The van der Waals surface area contributed by atoms with Gasteiger partial charge < -0.3 is 5.73 Å². The number of hydrogen-bond donors (Lipinski definition) is 1. The van der Waals surface area contributed by atoms with Gasteiger partial charge in [-0.15, -0.1) is 0 Å². The van der Waals surface area contributed by atoms with Gasteiger partial charge in [0.1, 0.15) is 5.82 Å². The number of anilines is 1. The summed E-state index contributed by atoms with van der Waals surface area (Å²) in [5.41, 5.74) is 7.71. The molecule has 2 N–H and O–H groups in total. The lowest BCUT2D eigenvalue weighted by atomic mass is 10.2. The van der Waals surface area contributed by atoms with Crippen LogP contribution in [0.5, 0.6) is 0 Å². The van der Waals surface area contributed by atoms with Gasteiger partial charge in [-0.1, -0.05) is 0 Å². The number of aryl methyl sites for hydroxylation is 1. The van der Waals surface area contributed by atoms with E-state index >= 15 is 0 Å². The lowest BCUT2D eigenvalue weighted by molar-refractivity contribution is 1.33. The molecule has 0 saturated heterocycles. The molecule has 0 aliphatic heterocycles. The minimum absolute atomic E-state index is 0.561. The lowest BCUT2D eigenvalue weighted by Crippen LogP contribution is -1.91. The smallest absolute Gasteiger partial charge is 0.132 e. The standard InChI is InChI=1S/C9H9N3S/c1-6-5-8(13-12-6)7-3-2-4-11-9(7)10/h2-5H,1H3,(H2,10,11). The average molecular weight is 191 g/mol. The van der Waals surface area contributed by atoms with Crippen LogP contribution in [0.2, 0.25) is 0 Å². The molecule has 66 valence electrons. The van der Waals surface area contributed by atoms with Crippen molar-refractivity contribution in [1.29, 1.82) is 0 Å². The van der Waals surface area contributed by atoms with E-state index in [1.807, 2.05) is 25.1 Å². The first-order valence-corrected chi connectivity index (χ1v) is 4.69. The molecule has 0 unspecified atom stereocenters. The highest BCUT2D eigenvalue weighted by Crippen LogP contribution is 2.27. The third-order valence-electron chi connectivity index (χ3n) is 1.73. The van der Waals surface area contributed by atoms with Gasteiger partial charge in [0, 0.05) is 11.8 Å². The summed E-state index contributed by atoms with van der Waals surface area (Å²) >= 11 is 1.45. The zero-order chi connectivity index (χ0) is 9.26. The molecular weight excluding hydrogens is 182 g/mol. The second kappa shape index (κ2) is 3.14. The van der Waals surface area contributed by atoms with Gasteiger partial charge in [-0.25, -0.2) is 4.98 Å². The number of hydrogen-bond acceptors (Lipinski definition) is 4. The molecule has 0 aromatic carbocycles. The maximum Gasteiger partial charge on any atom is 0.132 e. The Morgan fingerprint density at radius 3 is 2.92 bits per heavy atom. The Kier molecular flexibility index (Phi) is 1.98. The molecule has 2 aromatic heterocycles. The Bertz CT molecular complexity index is 422. The van der Waals surface area contributed by atoms with E-state index in [9.17, 15) is 0 Å². The second-order valence-electron chi connectivity index (χ2n) is 2.77. The fourth-order valence-corrected chi connectivity index (χ4v) is 1.91. The molecule has 0 saturated carbocycles. The quantitative estimate of drug-likeness (QED) is 0.751. The van der Waals surface area contributed by atoms with Crippen molar-refractivity contribution < 1.29 is 0 Å². The van der Waals surface area contributed by atoms with E-state index in [-0.39, 0.29) is 0 Å². The minimum atomic E-state index is 0.561. The minimum Gasteiger partial charge on any atom is -0.383 e. The molecule has 0 bridgehead atoms. The summed E-state index contributed by atoms with van der Waals surface area (Å²) in [5.74, 6) is 0.561. The van der Waals surface area contributed by atoms with Crippen LogP contribution >= 0.6 is 11.5 Å².